The summed E-state index contributed by atoms with van der Waals surface area (Å²) in [5.41, 5.74) is 6.18. The van der Waals surface area contributed by atoms with Gasteiger partial charge in [0, 0.05) is 18.0 Å². The molecule has 0 spiro atoms. The number of hydrogen-bond acceptors (Lipinski definition) is 3. The first-order valence-electron chi connectivity index (χ1n) is 6.82. The Bertz CT molecular complexity index is 498. The van der Waals surface area contributed by atoms with Crippen molar-refractivity contribution in [3.05, 3.63) is 29.8 Å². The number of fused-ring (bicyclic) bond motifs is 1. The molecule has 102 valence electrons. The summed E-state index contributed by atoms with van der Waals surface area (Å²) in [6.45, 7) is 0.784. The highest BCUT2D eigenvalue weighted by atomic mass is 16.5. The maximum Gasteiger partial charge on any atom is 0.311 e. The van der Waals surface area contributed by atoms with E-state index in [2.05, 4.69) is 0 Å². The van der Waals surface area contributed by atoms with Gasteiger partial charge in [0.15, 0.2) is 0 Å². The van der Waals surface area contributed by atoms with Gasteiger partial charge in [0.25, 0.3) is 0 Å². The van der Waals surface area contributed by atoms with Gasteiger partial charge in [-0.1, -0.05) is 18.2 Å². The highest BCUT2D eigenvalue weighted by Gasteiger charge is 2.52. The van der Waals surface area contributed by atoms with E-state index in [-0.39, 0.29) is 18.4 Å². The van der Waals surface area contributed by atoms with Crippen LogP contribution in [-0.4, -0.2) is 24.2 Å². The Morgan fingerprint density at radius 3 is 2.79 bits per heavy atom. The molecule has 2 unspecified atom stereocenters. The number of para-hydroxylation sites is 1. The van der Waals surface area contributed by atoms with Crippen LogP contribution in [0.5, 0.6) is 5.75 Å². The molecule has 2 aliphatic rings. The number of benzene rings is 1. The Hall–Kier alpha value is -1.55. The molecule has 4 nitrogen and oxygen atoms in total. The number of carbonyl (C=O) groups is 1. The molecule has 0 radical (unpaired) electrons. The maximum atomic E-state index is 11.7. The fraction of sp³-hybridized carbons (Fsp3) is 0.533. The van der Waals surface area contributed by atoms with Gasteiger partial charge >= 0.3 is 5.97 Å². The Labute approximate surface area is 112 Å². The van der Waals surface area contributed by atoms with Crippen LogP contribution in [0.25, 0.3) is 0 Å². The molecule has 19 heavy (non-hydrogen) atoms. The van der Waals surface area contributed by atoms with E-state index in [1.807, 2.05) is 24.3 Å². The molecule has 1 heterocycles. The second-order valence-electron chi connectivity index (χ2n) is 5.69. The lowest BCUT2D eigenvalue weighted by molar-refractivity contribution is -0.150. The Kier molecular flexibility index (Phi) is 2.97. The summed E-state index contributed by atoms with van der Waals surface area (Å²) in [6.07, 6.45) is 2.55. The van der Waals surface area contributed by atoms with Gasteiger partial charge in [0.2, 0.25) is 0 Å². The van der Waals surface area contributed by atoms with E-state index in [9.17, 15) is 9.90 Å². The van der Waals surface area contributed by atoms with Crippen molar-refractivity contribution in [2.75, 3.05) is 13.2 Å². The van der Waals surface area contributed by atoms with Gasteiger partial charge in [-0.05, 0) is 31.2 Å². The third-order valence-corrected chi connectivity index (χ3v) is 4.56. The first kappa shape index (κ1) is 12.5. The zero-order valence-corrected chi connectivity index (χ0v) is 10.8. The standard InChI is InChI=1S/C15H19NO3/c16-9-15(14(17)18,11-5-6-11)7-10-8-19-13-4-2-1-3-12(10)13/h1-4,10-11H,5-9,16H2,(H,17,18). The SMILES string of the molecule is NCC(CC1COc2ccccc21)(C(=O)O)C1CC1. The highest BCUT2D eigenvalue weighted by Crippen LogP contribution is 2.51. The first-order valence-corrected chi connectivity index (χ1v) is 6.82. The molecule has 1 aromatic rings. The third kappa shape index (κ3) is 2.00. The van der Waals surface area contributed by atoms with E-state index < -0.39 is 11.4 Å². The first-order chi connectivity index (χ1) is 9.17. The van der Waals surface area contributed by atoms with Crippen molar-refractivity contribution < 1.29 is 14.6 Å². The minimum absolute atomic E-state index is 0.149. The van der Waals surface area contributed by atoms with E-state index in [1.54, 1.807) is 0 Å². The molecule has 1 saturated carbocycles. The van der Waals surface area contributed by atoms with Crippen molar-refractivity contribution in [3.8, 4) is 5.75 Å². The largest absolute Gasteiger partial charge is 0.493 e. The zero-order chi connectivity index (χ0) is 13.5. The molecule has 4 heteroatoms. The predicted octanol–water partition coefficient (Wildman–Crippen LogP) is 1.99. The van der Waals surface area contributed by atoms with E-state index in [1.165, 1.54) is 0 Å². The molecule has 1 aliphatic heterocycles. The van der Waals surface area contributed by atoms with Crippen molar-refractivity contribution in [1.82, 2.24) is 0 Å². The van der Waals surface area contributed by atoms with Gasteiger partial charge in [-0.3, -0.25) is 4.79 Å². The third-order valence-electron chi connectivity index (χ3n) is 4.56. The van der Waals surface area contributed by atoms with Gasteiger partial charge in [-0.25, -0.2) is 0 Å². The normalized spacial score (nSPS) is 24.4. The predicted molar refractivity (Wildman–Crippen MR) is 71.1 cm³/mol. The zero-order valence-electron chi connectivity index (χ0n) is 10.8. The van der Waals surface area contributed by atoms with Crippen molar-refractivity contribution in [2.24, 2.45) is 17.1 Å². The second kappa shape index (κ2) is 4.53. The lowest BCUT2D eigenvalue weighted by Gasteiger charge is -2.30. The van der Waals surface area contributed by atoms with E-state index in [4.69, 9.17) is 10.5 Å². The lowest BCUT2D eigenvalue weighted by atomic mass is 9.74. The number of rotatable bonds is 5. The molecule has 1 aromatic carbocycles. The number of carboxylic acids is 1. The summed E-state index contributed by atoms with van der Waals surface area (Å²) < 4.78 is 5.65. The number of carboxylic acid groups (broad SMARTS) is 1. The molecular weight excluding hydrogens is 242 g/mol. The van der Waals surface area contributed by atoms with Crippen molar-refractivity contribution >= 4 is 5.97 Å². The summed E-state index contributed by atoms with van der Waals surface area (Å²) in [4.78, 5) is 11.7. The summed E-state index contributed by atoms with van der Waals surface area (Å²) in [7, 11) is 0. The smallest absolute Gasteiger partial charge is 0.311 e. The lowest BCUT2D eigenvalue weighted by Crippen LogP contribution is -2.42. The van der Waals surface area contributed by atoms with Crippen LogP contribution < -0.4 is 10.5 Å². The highest BCUT2D eigenvalue weighted by molar-refractivity contribution is 5.76. The van der Waals surface area contributed by atoms with E-state index in [0.29, 0.717) is 13.0 Å². The van der Waals surface area contributed by atoms with Crippen molar-refractivity contribution in [2.45, 2.75) is 25.2 Å². The number of nitrogens with two attached hydrogens (primary N) is 1. The van der Waals surface area contributed by atoms with Crippen LogP contribution in [0.15, 0.2) is 24.3 Å². The molecule has 0 aromatic heterocycles. The van der Waals surface area contributed by atoms with Crippen LogP contribution in [-0.2, 0) is 4.79 Å². The monoisotopic (exact) mass is 261 g/mol. The number of aliphatic carboxylic acids is 1. The van der Waals surface area contributed by atoms with Crippen LogP contribution in [0.4, 0.5) is 0 Å². The average molecular weight is 261 g/mol. The summed E-state index contributed by atoms with van der Waals surface area (Å²) in [5.74, 6) is 0.528. The summed E-state index contributed by atoms with van der Waals surface area (Å²) in [6, 6.07) is 7.89. The maximum absolute atomic E-state index is 11.7. The topological polar surface area (TPSA) is 72.5 Å². The van der Waals surface area contributed by atoms with Crippen LogP contribution in [0.2, 0.25) is 0 Å². The Morgan fingerprint density at radius 2 is 2.16 bits per heavy atom. The molecule has 1 fully saturated rings. The molecule has 0 amide bonds. The summed E-state index contributed by atoms with van der Waals surface area (Å²) in [5, 5.41) is 9.62. The molecule has 0 bridgehead atoms. The minimum Gasteiger partial charge on any atom is -0.493 e. The molecule has 3 N–H and O–H groups in total. The van der Waals surface area contributed by atoms with Crippen LogP contribution in [0.3, 0.4) is 0 Å². The molecular formula is C15H19NO3. The van der Waals surface area contributed by atoms with E-state index >= 15 is 0 Å². The quantitative estimate of drug-likeness (QED) is 0.850. The molecule has 2 atom stereocenters. The number of hydrogen-bond donors (Lipinski definition) is 2. The fourth-order valence-corrected chi connectivity index (χ4v) is 3.24. The number of ether oxygens (including phenoxy) is 1. The van der Waals surface area contributed by atoms with Crippen LogP contribution >= 0.6 is 0 Å². The van der Waals surface area contributed by atoms with Crippen LogP contribution in [0.1, 0.15) is 30.7 Å². The molecule has 1 aliphatic carbocycles. The summed E-state index contributed by atoms with van der Waals surface area (Å²) >= 11 is 0. The van der Waals surface area contributed by atoms with E-state index in [0.717, 1.165) is 24.2 Å². The fourth-order valence-electron chi connectivity index (χ4n) is 3.24. The average Bonchev–Trinajstić information content (AvgIpc) is 3.19. The Balaban J connectivity index is 1.86. The second-order valence-corrected chi connectivity index (χ2v) is 5.69. The van der Waals surface area contributed by atoms with Crippen molar-refractivity contribution in [3.63, 3.8) is 0 Å². The van der Waals surface area contributed by atoms with Gasteiger partial charge < -0.3 is 15.6 Å². The van der Waals surface area contributed by atoms with Gasteiger partial charge in [0.1, 0.15) is 5.75 Å². The van der Waals surface area contributed by atoms with Gasteiger partial charge in [-0.15, -0.1) is 0 Å². The Morgan fingerprint density at radius 1 is 1.42 bits per heavy atom. The minimum atomic E-state index is -0.772. The van der Waals surface area contributed by atoms with Gasteiger partial charge in [-0.2, -0.15) is 0 Å². The van der Waals surface area contributed by atoms with Crippen molar-refractivity contribution in [1.29, 1.82) is 0 Å². The van der Waals surface area contributed by atoms with Crippen LogP contribution in [0, 0.1) is 11.3 Å². The van der Waals surface area contributed by atoms with Gasteiger partial charge in [0.05, 0.1) is 12.0 Å². The molecule has 3 rings (SSSR count). The molecule has 0 saturated heterocycles.